The molecular formula is C7H10F2N2. The summed E-state index contributed by atoms with van der Waals surface area (Å²) in [4.78, 5) is 2.54. The largest absolute Gasteiger partial charge is 0.356 e. The Labute approximate surface area is 63.4 Å². The molecule has 1 aromatic heterocycles. The summed E-state index contributed by atoms with van der Waals surface area (Å²) in [6.45, 7) is 1.74. The highest BCUT2D eigenvalue weighted by Crippen LogP contribution is 2.19. The monoisotopic (exact) mass is 160 g/mol. The fourth-order valence-corrected chi connectivity index (χ4v) is 0.822. The molecule has 0 aromatic carbocycles. The van der Waals surface area contributed by atoms with Crippen molar-refractivity contribution in [1.29, 1.82) is 0 Å². The molecule has 0 spiro atoms. The summed E-state index contributed by atoms with van der Waals surface area (Å²) in [6.07, 6.45) is -2.44. The molecule has 62 valence electrons. The molecular weight excluding hydrogens is 150 g/mol. The van der Waals surface area contributed by atoms with E-state index >= 15 is 0 Å². The lowest BCUT2D eigenvalue weighted by molar-refractivity contribution is 0.146. The summed E-state index contributed by atoms with van der Waals surface area (Å²) >= 11 is 0. The Morgan fingerprint density at radius 2 is 1.91 bits per heavy atom. The summed E-state index contributed by atoms with van der Waals surface area (Å²) in [7, 11) is 0. The van der Waals surface area contributed by atoms with Crippen molar-refractivity contribution < 1.29 is 8.78 Å². The summed E-state index contributed by atoms with van der Waals surface area (Å²) < 4.78 is 23.9. The van der Waals surface area contributed by atoms with Gasteiger partial charge in [-0.05, 0) is 19.1 Å². The smallest absolute Gasteiger partial charge is 0.278 e. The van der Waals surface area contributed by atoms with E-state index in [1.54, 1.807) is 13.0 Å². The molecule has 4 heteroatoms. The molecule has 1 atom stereocenters. The minimum absolute atomic E-state index is 0.0719. The van der Waals surface area contributed by atoms with Crippen LogP contribution in [-0.2, 0) is 0 Å². The van der Waals surface area contributed by atoms with Crippen LogP contribution in [0.25, 0.3) is 0 Å². The number of rotatable bonds is 2. The summed E-state index contributed by atoms with van der Waals surface area (Å²) in [5.41, 5.74) is 6.02. The molecule has 1 heterocycles. The zero-order valence-electron chi connectivity index (χ0n) is 6.14. The van der Waals surface area contributed by atoms with Crippen molar-refractivity contribution in [2.45, 2.75) is 19.4 Å². The second kappa shape index (κ2) is 3.00. The van der Waals surface area contributed by atoms with Crippen molar-refractivity contribution in [3.05, 3.63) is 23.5 Å². The van der Waals surface area contributed by atoms with Gasteiger partial charge in [0.05, 0.1) is 5.69 Å². The van der Waals surface area contributed by atoms with Crippen molar-refractivity contribution in [1.82, 2.24) is 4.98 Å². The van der Waals surface area contributed by atoms with E-state index in [2.05, 4.69) is 4.98 Å². The van der Waals surface area contributed by atoms with Gasteiger partial charge in [-0.3, -0.25) is 0 Å². The van der Waals surface area contributed by atoms with Crippen LogP contribution in [0, 0.1) is 0 Å². The highest BCUT2D eigenvalue weighted by Gasteiger charge is 2.10. The van der Waals surface area contributed by atoms with Crippen molar-refractivity contribution in [2.75, 3.05) is 0 Å². The Morgan fingerprint density at radius 1 is 1.36 bits per heavy atom. The van der Waals surface area contributed by atoms with Crippen LogP contribution in [0.1, 0.15) is 30.8 Å². The first-order valence-electron chi connectivity index (χ1n) is 3.34. The average Bonchev–Trinajstić information content (AvgIpc) is 2.33. The van der Waals surface area contributed by atoms with Crippen LogP contribution >= 0.6 is 0 Å². The predicted octanol–water partition coefficient (Wildman–Crippen LogP) is 1.97. The van der Waals surface area contributed by atoms with Gasteiger partial charge < -0.3 is 10.7 Å². The van der Waals surface area contributed by atoms with Crippen molar-refractivity contribution in [3.63, 3.8) is 0 Å². The number of nitrogens with one attached hydrogen (secondary N) is 1. The van der Waals surface area contributed by atoms with E-state index in [1.807, 2.05) is 0 Å². The zero-order chi connectivity index (χ0) is 8.43. The molecule has 0 radical (unpaired) electrons. The van der Waals surface area contributed by atoms with E-state index in [-0.39, 0.29) is 11.7 Å². The van der Waals surface area contributed by atoms with Gasteiger partial charge in [0, 0.05) is 11.7 Å². The van der Waals surface area contributed by atoms with E-state index in [0.29, 0.717) is 5.69 Å². The van der Waals surface area contributed by atoms with E-state index in [0.717, 1.165) is 0 Å². The fraction of sp³-hybridized carbons (Fsp3) is 0.429. The molecule has 11 heavy (non-hydrogen) atoms. The molecule has 0 aliphatic rings. The lowest BCUT2D eigenvalue weighted by Crippen LogP contribution is -2.05. The third-order valence-electron chi connectivity index (χ3n) is 1.46. The molecule has 0 aliphatic heterocycles. The quantitative estimate of drug-likeness (QED) is 0.682. The number of alkyl halides is 2. The van der Waals surface area contributed by atoms with Crippen LogP contribution in [0.4, 0.5) is 8.78 Å². The summed E-state index contributed by atoms with van der Waals surface area (Å²) in [5, 5.41) is 0. The van der Waals surface area contributed by atoms with Crippen LogP contribution in [0.2, 0.25) is 0 Å². The topological polar surface area (TPSA) is 41.8 Å². The molecule has 0 saturated heterocycles. The second-order valence-corrected chi connectivity index (χ2v) is 2.46. The van der Waals surface area contributed by atoms with Crippen LogP contribution in [0.5, 0.6) is 0 Å². The van der Waals surface area contributed by atoms with Crippen molar-refractivity contribution >= 4 is 0 Å². The number of nitrogens with two attached hydrogens (primary N) is 1. The molecule has 2 nitrogen and oxygen atoms in total. The lowest BCUT2D eigenvalue weighted by atomic mass is 10.3. The molecule has 1 aromatic rings. The fourth-order valence-electron chi connectivity index (χ4n) is 0.822. The molecule has 0 aliphatic carbocycles. The first-order valence-corrected chi connectivity index (χ1v) is 3.34. The number of hydrogen-bond donors (Lipinski definition) is 2. The number of hydrogen-bond acceptors (Lipinski definition) is 1. The first kappa shape index (κ1) is 8.20. The van der Waals surface area contributed by atoms with Gasteiger partial charge in [-0.15, -0.1) is 0 Å². The first-order chi connectivity index (χ1) is 5.11. The van der Waals surface area contributed by atoms with E-state index in [4.69, 9.17) is 5.73 Å². The van der Waals surface area contributed by atoms with Gasteiger partial charge in [-0.25, -0.2) is 8.78 Å². The molecule has 1 unspecified atom stereocenters. The zero-order valence-corrected chi connectivity index (χ0v) is 6.14. The molecule has 0 amide bonds. The molecule has 0 fully saturated rings. The Balaban J connectivity index is 2.82. The lowest BCUT2D eigenvalue weighted by Gasteiger charge is -2.00. The van der Waals surface area contributed by atoms with Crippen LogP contribution in [0.15, 0.2) is 12.1 Å². The minimum Gasteiger partial charge on any atom is -0.356 e. The van der Waals surface area contributed by atoms with Gasteiger partial charge in [-0.2, -0.15) is 0 Å². The van der Waals surface area contributed by atoms with Gasteiger partial charge in [0.1, 0.15) is 0 Å². The molecule has 0 saturated carbocycles. The second-order valence-electron chi connectivity index (χ2n) is 2.46. The maximum absolute atomic E-state index is 12.0. The Bertz CT molecular complexity index is 208. The van der Waals surface area contributed by atoms with Crippen LogP contribution in [0.3, 0.4) is 0 Å². The molecule has 0 bridgehead atoms. The van der Waals surface area contributed by atoms with E-state index in [9.17, 15) is 8.78 Å². The third-order valence-corrected chi connectivity index (χ3v) is 1.46. The maximum atomic E-state index is 12.0. The number of H-pyrrole nitrogens is 1. The standard InChI is InChI=1S/C7H10F2N2/c1-4(10)5-2-3-6(11-5)7(8)9/h2-4,7,11H,10H2,1H3. The van der Waals surface area contributed by atoms with Gasteiger partial charge in [-0.1, -0.05) is 0 Å². The number of aromatic amines is 1. The van der Waals surface area contributed by atoms with E-state index < -0.39 is 6.43 Å². The van der Waals surface area contributed by atoms with Gasteiger partial charge in [0.25, 0.3) is 6.43 Å². The third kappa shape index (κ3) is 1.77. The summed E-state index contributed by atoms with van der Waals surface area (Å²) in [5.74, 6) is 0. The summed E-state index contributed by atoms with van der Waals surface area (Å²) in [6, 6.07) is 2.71. The highest BCUT2D eigenvalue weighted by molar-refractivity contribution is 5.16. The maximum Gasteiger partial charge on any atom is 0.278 e. The van der Waals surface area contributed by atoms with Crippen LogP contribution in [-0.4, -0.2) is 4.98 Å². The van der Waals surface area contributed by atoms with Crippen LogP contribution < -0.4 is 5.73 Å². The minimum atomic E-state index is -2.44. The average molecular weight is 160 g/mol. The Hall–Kier alpha value is -0.900. The van der Waals surface area contributed by atoms with Gasteiger partial charge >= 0.3 is 0 Å². The Kier molecular flexibility index (Phi) is 2.24. The highest BCUT2D eigenvalue weighted by atomic mass is 19.3. The SMILES string of the molecule is CC(N)c1ccc(C(F)F)[nH]1. The van der Waals surface area contributed by atoms with E-state index in [1.165, 1.54) is 6.07 Å². The van der Waals surface area contributed by atoms with Gasteiger partial charge in [0.15, 0.2) is 0 Å². The number of halogens is 2. The normalized spacial score (nSPS) is 13.9. The number of aromatic nitrogens is 1. The van der Waals surface area contributed by atoms with Crippen molar-refractivity contribution in [3.8, 4) is 0 Å². The predicted molar refractivity (Wildman–Crippen MR) is 38.4 cm³/mol. The molecule has 1 rings (SSSR count). The van der Waals surface area contributed by atoms with Gasteiger partial charge in [0.2, 0.25) is 0 Å². The Morgan fingerprint density at radius 3 is 2.18 bits per heavy atom. The molecule has 3 N–H and O–H groups in total. The van der Waals surface area contributed by atoms with Crippen molar-refractivity contribution in [2.24, 2.45) is 5.73 Å².